The highest BCUT2D eigenvalue weighted by molar-refractivity contribution is 7.89. The molecule has 1 N–H and O–H groups in total. The van der Waals surface area contributed by atoms with E-state index in [1.165, 1.54) is 17.5 Å². The molecule has 2 aromatic rings. The Morgan fingerprint density at radius 3 is 2.35 bits per heavy atom. The second-order valence-electron chi connectivity index (χ2n) is 8.73. The fourth-order valence-electron chi connectivity index (χ4n) is 3.55. The lowest BCUT2D eigenvalue weighted by Gasteiger charge is -2.26. The zero-order chi connectivity index (χ0) is 22.8. The van der Waals surface area contributed by atoms with E-state index >= 15 is 0 Å². The van der Waals surface area contributed by atoms with Crippen LogP contribution < -0.4 is 10.1 Å². The number of halogens is 1. The third-order valence-corrected chi connectivity index (χ3v) is 7.35. The van der Waals surface area contributed by atoms with Gasteiger partial charge in [-0.3, -0.25) is 4.79 Å². The number of amides is 1. The normalized spacial score (nSPS) is 15.5. The molecule has 3 rings (SSSR count). The molecule has 6 nitrogen and oxygen atoms in total. The number of benzene rings is 2. The summed E-state index contributed by atoms with van der Waals surface area (Å²) in [6.45, 7) is 6.87. The van der Waals surface area contributed by atoms with Crippen LogP contribution in [0.5, 0.6) is 5.75 Å². The number of rotatable bonds is 5. The van der Waals surface area contributed by atoms with E-state index in [2.05, 4.69) is 26.1 Å². The first-order valence-corrected chi connectivity index (χ1v) is 11.8. The summed E-state index contributed by atoms with van der Waals surface area (Å²) in [5.41, 5.74) is 1.37. The molecule has 1 saturated heterocycles. The number of piperidine rings is 1. The number of methoxy groups -OCH3 is 1. The first-order valence-electron chi connectivity index (χ1n) is 10.3. The van der Waals surface area contributed by atoms with Crippen molar-refractivity contribution in [2.24, 2.45) is 0 Å². The smallest absolute Gasteiger partial charge is 0.255 e. The van der Waals surface area contributed by atoms with Crippen molar-refractivity contribution in [3.8, 4) is 5.75 Å². The van der Waals surface area contributed by atoms with Gasteiger partial charge in [0.1, 0.15) is 16.5 Å². The van der Waals surface area contributed by atoms with Gasteiger partial charge in [0.15, 0.2) is 0 Å². The fraction of sp³-hybridized carbons (Fsp3) is 0.435. The molecule has 31 heavy (non-hydrogen) atoms. The largest absolute Gasteiger partial charge is 0.495 e. The van der Waals surface area contributed by atoms with Gasteiger partial charge in [-0.2, -0.15) is 4.31 Å². The van der Waals surface area contributed by atoms with Gasteiger partial charge in [0.25, 0.3) is 5.91 Å². The number of carbonyl (C=O) groups is 1. The maximum absolute atomic E-state index is 14.5. The Morgan fingerprint density at radius 1 is 1.06 bits per heavy atom. The molecule has 8 heteroatoms. The Balaban J connectivity index is 1.92. The molecule has 1 fully saturated rings. The number of hydrogen-bond donors (Lipinski definition) is 1. The second kappa shape index (κ2) is 8.96. The average molecular weight is 449 g/mol. The van der Waals surface area contributed by atoms with E-state index in [0.29, 0.717) is 24.5 Å². The highest BCUT2D eigenvalue weighted by Crippen LogP contribution is 2.32. The summed E-state index contributed by atoms with van der Waals surface area (Å²) < 4.78 is 47.0. The molecule has 0 spiro atoms. The van der Waals surface area contributed by atoms with Crippen molar-refractivity contribution in [3.05, 3.63) is 53.3 Å². The Hall–Kier alpha value is -2.45. The third-order valence-electron chi connectivity index (χ3n) is 5.44. The van der Waals surface area contributed by atoms with Crippen LogP contribution in [0.2, 0.25) is 0 Å². The summed E-state index contributed by atoms with van der Waals surface area (Å²) in [4.78, 5) is 12.4. The summed E-state index contributed by atoms with van der Waals surface area (Å²) in [5.74, 6) is -0.932. The number of hydrogen-bond acceptors (Lipinski definition) is 4. The highest BCUT2D eigenvalue weighted by Gasteiger charge is 2.29. The molecule has 1 amide bonds. The quantitative estimate of drug-likeness (QED) is 0.728. The minimum Gasteiger partial charge on any atom is -0.495 e. The van der Waals surface area contributed by atoms with Gasteiger partial charge >= 0.3 is 0 Å². The predicted octanol–water partition coefficient (Wildman–Crippen LogP) is 4.56. The zero-order valence-corrected chi connectivity index (χ0v) is 19.2. The Bertz CT molecular complexity index is 1070. The molecule has 0 bridgehead atoms. The maximum atomic E-state index is 14.5. The lowest BCUT2D eigenvalue weighted by Crippen LogP contribution is -2.36. The van der Waals surface area contributed by atoms with Gasteiger partial charge in [-0.05, 0) is 54.2 Å². The monoisotopic (exact) mass is 448 g/mol. The molecule has 1 aliphatic rings. The van der Waals surface area contributed by atoms with E-state index < -0.39 is 26.6 Å². The van der Waals surface area contributed by atoms with Crippen molar-refractivity contribution >= 4 is 21.6 Å². The SMILES string of the molecule is COc1ccc(C(C)(C)C)cc1NC(=O)c1ccc(F)c(S(=O)(=O)N2CCCCC2)c1. The summed E-state index contributed by atoms with van der Waals surface area (Å²) in [6.07, 6.45) is 2.43. The molecule has 0 radical (unpaired) electrons. The molecule has 0 unspecified atom stereocenters. The van der Waals surface area contributed by atoms with Crippen LogP contribution in [0.25, 0.3) is 0 Å². The van der Waals surface area contributed by atoms with Crippen LogP contribution in [0.4, 0.5) is 10.1 Å². The van der Waals surface area contributed by atoms with Crippen molar-refractivity contribution in [2.75, 3.05) is 25.5 Å². The molecular formula is C23H29FN2O4S. The van der Waals surface area contributed by atoms with Crippen LogP contribution in [0.3, 0.4) is 0 Å². The van der Waals surface area contributed by atoms with Crippen molar-refractivity contribution in [1.29, 1.82) is 0 Å². The first-order chi connectivity index (χ1) is 14.5. The lowest BCUT2D eigenvalue weighted by atomic mass is 9.87. The fourth-order valence-corrected chi connectivity index (χ4v) is 5.16. The van der Waals surface area contributed by atoms with E-state index in [9.17, 15) is 17.6 Å². The molecular weight excluding hydrogens is 419 g/mol. The number of carbonyl (C=O) groups excluding carboxylic acids is 1. The first kappa shape index (κ1) is 23.2. The van der Waals surface area contributed by atoms with Gasteiger partial charge in [-0.25, -0.2) is 12.8 Å². The zero-order valence-electron chi connectivity index (χ0n) is 18.4. The van der Waals surface area contributed by atoms with Gasteiger partial charge in [0.2, 0.25) is 10.0 Å². The number of ether oxygens (including phenoxy) is 1. The van der Waals surface area contributed by atoms with Crippen molar-refractivity contribution in [3.63, 3.8) is 0 Å². The van der Waals surface area contributed by atoms with E-state index in [4.69, 9.17) is 4.74 Å². The molecule has 1 heterocycles. The van der Waals surface area contributed by atoms with Crippen LogP contribution in [-0.2, 0) is 15.4 Å². The van der Waals surface area contributed by atoms with Gasteiger partial charge in [0, 0.05) is 18.7 Å². The van der Waals surface area contributed by atoms with Crippen LogP contribution in [-0.4, -0.2) is 38.8 Å². The maximum Gasteiger partial charge on any atom is 0.255 e. The second-order valence-corrected chi connectivity index (χ2v) is 10.6. The minimum absolute atomic E-state index is 0.0557. The van der Waals surface area contributed by atoms with E-state index in [1.807, 2.05) is 12.1 Å². The average Bonchev–Trinajstić information content (AvgIpc) is 2.73. The highest BCUT2D eigenvalue weighted by atomic mass is 32.2. The van der Waals surface area contributed by atoms with Crippen LogP contribution in [0.1, 0.15) is 56.0 Å². The molecule has 0 atom stereocenters. The molecule has 0 aromatic heterocycles. The summed E-state index contributed by atoms with van der Waals surface area (Å²) in [5, 5.41) is 2.77. The summed E-state index contributed by atoms with van der Waals surface area (Å²) >= 11 is 0. The van der Waals surface area contributed by atoms with Crippen LogP contribution in [0, 0.1) is 5.82 Å². The minimum atomic E-state index is -4.01. The van der Waals surface area contributed by atoms with Gasteiger partial charge in [0.05, 0.1) is 12.8 Å². The van der Waals surface area contributed by atoms with Crippen molar-refractivity contribution in [2.45, 2.75) is 50.3 Å². The van der Waals surface area contributed by atoms with Crippen molar-refractivity contribution in [1.82, 2.24) is 4.31 Å². The molecule has 1 aliphatic heterocycles. The molecule has 168 valence electrons. The number of sulfonamides is 1. The van der Waals surface area contributed by atoms with Gasteiger partial charge in [-0.15, -0.1) is 0 Å². The number of nitrogens with one attached hydrogen (secondary N) is 1. The summed E-state index contributed by atoms with van der Waals surface area (Å²) in [7, 11) is -2.50. The van der Waals surface area contributed by atoms with E-state index in [-0.39, 0.29) is 11.0 Å². The molecule has 0 aliphatic carbocycles. The van der Waals surface area contributed by atoms with Crippen molar-refractivity contribution < 1.29 is 22.3 Å². The van der Waals surface area contributed by atoms with E-state index in [1.54, 1.807) is 6.07 Å². The standard InChI is InChI=1S/C23H29FN2O4S/c1-23(2,3)17-9-11-20(30-4)19(15-17)25-22(27)16-8-10-18(24)21(14-16)31(28,29)26-12-6-5-7-13-26/h8-11,14-15H,5-7,12-13H2,1-4H3,(H,25,27). The predicted molar refractivity (Wildman–Crippen MR) is 119 cm³/mol. The molecule has 2 aromatic carbocycles. The topological polar surface area (TPSA) is 75.7 Å². The van der Waals surface area contributed by atoms with Crippen LogP contribution >= 0.6 is 0 Å². The van der Waals surface area contributed by atoms with Gasteiger partial charge < -0.3 is 10.1 Å². The molecule has 0 saturated carbocycles. The Labute approximate surface area is 183 Å². The number of nitrogens with zero attached hydrogens (tertiary/aromatic N) is 1. The Kier molecular flexibility index (Phi) is 6.71. The Morgan fingerprint density at radius 2 is 1.74 bits per heavy atom. The summed E-state index contributed by atoms with van der Waals surface area (Å²) in [6, 6.07) is 8.93. The number of anilines is 1. The van der Waals surface area contributed by atoms with Crippen LogP contribution in [0.15, 0.2) is 41.3 Å². The van der Waals surface area contributed by atoms with E-state index in [0.717, 1.165) is 37.0 Å². The van der Waals surface area contributed by atoms with Gasteiger partial charge in [-0.1, -0.05) is 33.3 Å². The third kappa shape index (κ3) is 5.07. The lowest BCUT2D eigenvalue weighted by molar-refractivity contribution is 0.102.